The van der Waals surface area contributed by atoms with Crippen molar-refractivity contribution >= 4 is 16.1 Å². The molecule has 0 heterocycles. The van der Waals surface area contributed by atoms with Crippen molar-refractivity contribution < 1.29 is 0 Å². The first-order valence-electron chi connectivity index (χ1n) is 13.5. The maximum atomic E-state index is 4.12. The van der Waals surface area contributed by atoms with Gasteiger partial charge in [-0.1, -0.05) is 94.9 Å². The second-order valence-electron chi connectivity index (χ2n) is 12.9. The van der Waals surface area contributed by atoms with E-state index in [-0.39, 0.29) is 0 Å². The van der Waals surface area contributed by atoms with Crippen LogP contribution in [0.15, 0.2) is 11.8 Å². The van der Waals surface area contributed by atoms with E-state index in [0.717, 1.165) is 45.1 Å². The molecule has 2 saturated carbocycles. The fraction of sp³-hybridized carbons (Fsp3) is 0.862. The second kappa shape index (κ2) is 10.3. The summed E-state index contributed by atoms with van der Waals surface area (Å²) in [6.45, 7) is 29.6. The zero-order valence-corrected chi connectivity index (χ0v) is 25.0. The fourth-order valence-electron chi connectivity index (χ4n) is 8.32. The highest BCUT2D eigenvalue weighted by Crippen LogP contribution is 2.54. The Balaban J connectivity index is 2.44. The van der Waals surface area contributed by atoms with Crippen LogP contribution in [0.25, 0.3) is 0 Å². The van der Waals surface area contributed by atoms with Gasteiger partial charge in [0, 0.05) is 5.92 Å². The molecule has 178 valence electrons. The molecule has 0 aromatic rings. The Hall–Kier alpha value is -0.266. The van der Waals surface area contributed by atoms with Gasteiger partial charge >= 0.3 is 0 Å². The predicted molar refractivity (Wildman–Crippen MR) is 147 cm³/mol. The molecule has 0 amide bonds. The van der Waals surface area contributed by atoms with Crippen molar-refractivity contribution in [2.45, 2.75) is 136 Å². The van der Waals surface area contributed by atoms with Crippen LogP contribution < -0.4 is 0 Å². The normalized spacial score (nSPS) is 27.0. The number of hydrogen-bond donors (Lipinski definition) is 0. The summed E-state index contributed by atoms with van der Waals surface area (Å²) in [6, 6.07) is 0. The van der Waals surface area contributed by atoms with Crippen LogP contribution in [-0.2, 0) is 0 Å². The first-order valence-corrected chi connectivity index (χ1v) is 18.1. The van der Waals surface area contributed by atoms with E-state index in [1.807, 2.05) is 0 Å². The van der Waals surface area contributed by atoms with Crippen molar-refractivity contribution in [1.29, 1.82) is 0 Å². The Morgan fingerprint density at radius 1 is 0.645 bits per heavy atom. The molecule has 31 heavy (non-hydrogen) atoms. The lowest BCUT2D eigenvalue weighted by molar-refractivity contribution is 0.328. The molecule has 0 nitrogen and oxygen atoms in total. The van der Waals surface area contributed by atoms with Crippen LogP contribution in [0.1, 0.15) is 102 Å². The Labute approximate surface area is 198 Å². The molecule has 2 aliphatic rings. The first kappa shape index (κ1) is 27.0. The van der Waals surface area contributed by atoms with Crippen LogP contribution in [0.3, 0.4) is 0 Å². The summed E-state index contributed by atoms with van der Waals surface area (Å²) in [4.78, 5) is 0. The minimum absolute atomic E-state index is 0.622. The standard InChI is InChI=1S/C29H54Si2/c1-20(2)30(21(3)4,22(5)6)17-15-28-26-13-14-27(19-26)29(28)16-18-31(23(7)8,24(9)10)25(11)12/h15,17,20-29H,13-14,19H2,1-12H3/b17-15+/t26-,27+,28?,29?/m0/s1. The molecule has 0 N–H and O–H groups in total. The maximum Gasteiger partial charge on any atom is 0.145 e. The molecular formula is C29H54Si2. The average Bonchev–Trinajstić information content (AvgIpc) is 3.22. The van der Waals surface area contributed by atoms with Crippen LogP contribution in [-0.4, -0.2) is 16.1 Å². The van der Waals surface area contributed by atoms with Gasteiger partial charge in [0.15, 0.2) is 0 Å². The van der Waals surface area contributed by atoms with Crippen molar-refractivity contribution in [1.82, 2.24) is 0 Å². The molecule has 2 heteroatoms. The predicted octanol–water partition coefficient (Wildman–Crippen LogP) is 9.64. The lowest BCUT2D eigenvalue weighted by Gasteiger charge is -2.41. The van der Waals surface area contributed by atoms with E-state index in [1.165, 1.54) is 19.3 Å². The summed E-state index contributed by atoms with van der Waals surface area (Å²) < 4.78 is 0. The molecular weight excluding hydrogens is 404 g/mol. The third-order valence-corrected chi connectivity index (χ3v) is 23.0. The van der Waals surface area contributed by atoms with E-state index in [1.54, 1.807) is 0 Å². The third-order valence-electron chi connectivity index (χ3n) is 9.91. The third kappa shape index (κ3) is 4.84. The van der Waals surface area contributed by atoms with Gasteiger partial charge in [0.2, 0.25) is 0 Å². The van der Waals surface area contributed by atoms with Gasteiger partial charge in [0.1, 0.15) is 8.07 Å². The Kier molecular flexibility index (Phi) is 9.00. The van der Waals surface area contributed by atoms with Crippen LogP contribution in [0, 0.1) is 35.1 Å². The first-order chi connectivity index (χ1) is 14.3. The van der Waals surface area contributed by atoms with Crippen molar-refractivity contribution in [3.63, 3.8) is 0 Å². The highest BCUT2D eigenvalue weighted by Gasteiger charge is 2.48. The van der Waals surface area contributed by atoms with Crippen molar-refractivity contribution in [3.8, 4) is 11.5 Å². The second-order valence-corrected chi connectivity index (χ2v) is 24.3. The molecule has 4 atom stereocenters. The summed E-state index contributed by atoms with van der Waals surface area (Å²) in [7, 11) is -3.13. The SMILES string of the molecule is CC(C)[Si](C#CC1C(/C=C/[Si](C(C)C)(C(C)C)C(C)C)[C@H]2CC[C@@H]1C2)(C(C)C)C(C)C. The molecule has 2 aliphatic carbocycles. The Morgan fingerprint density at radius 2 is 1.10 bits per heavy atom. The van der Waals surface area contributed by atoms with Gasteiger partial charge in [-0.05, 0) is 70.3 Å². The number of hydrogen-bond acceptors (Lipinski definition) is 0. The lowest BCUT2D eigenvalue weighted by Crippen LogP contribution is -2.43. The van der Waals surface area contributed by atoms with Gasteiger partial charge in [-0.25, -0.2) is 0 Å². The summed E-state index contributed by atoms with van der Waals surface area (Å²) in [5.41, 5.74) is 11.5. The molecule has 0 aromatic carbocycles. The largest absolute Gasteiger partial charge is 0.145 e. The maximum absolute atomic E-state index is 4.12. The fourth-order valence-corrected chi connectivity index (χ4v) is 19.3. The van der Waals surface area contributed by atoms with Crippen molar-refractivity contribution in [2.75, 3.05) is 0 Å². The van der Waals surface area contributed by atoms with Crippen molar-refractivity contribution in [3.05, 3.63) is 11.8 Å². The van der Waals surface area contributed by atoms with Gasteiger partial charge in [0.05, 0.1) is 8.07 Å². The number of fused-ring (bicyclic) bond motifs is 2. The molecule has 2 rings (SSSR count). The molecule has 2 unspecified atom stereocenters. The minimum atomic E-state index is -1.64. The smallest absolute Gasteiger partial charge is 0.130 e. The van der Waals surface area contributed by atoms with E-state index in [0.29, 0.717) is 11.8 Å². The number of allylic oxidation sites excluding steroid dienone is 1. The van der Waals surface area contributed by atoms with E-state index < -0.39 is 16.1 Å². The van der Waals surface area contributed by atoms with E-state index in [2.05, 4.69) is 106 Å². The Morgan fingerprint density at radius 3 is 1.52 bits per heavy atom. The molecule has 0 spiro atoms. The Bertz CT molecular complexity index is 627. The zero-order chi connectivity index (χ0) is 23.7. The zero-order valence-electron chi connectivity index (χ0n) is 23.0. The average molecular weight is 459 g/mol. The summed E-state index contributed by atoms with van der Waals surface area (Å²) in [5, 5.41) is 0. The molecule has 2 bridgehead atoms. The molecule has 0 aliphatic heterocycles. The molecule has 0 aromatic heterocycles. The summed E-state index contributed by atoms with van der Waals surface area (Å²) in [5.74, 6) is 7.14. The topological polar surface area (TPSA) is 0 Å². The molecule has 0 radical (unpaired) electrons. The van der Waals surface area contributed by atoms with Gasteiger partial charge in [0.25, 0.3) is 0 Å². The van der Waals surface area contributed by atoms with Crippen LogP contribution in [0.5, 0.6) is 0 Å². The minimum Gasteiger partial charge on any atom is -0.130 e. The summed E-state index contributed by atoms with van der Waals surface area (Å²) >= 11 is 0. The van der Waals surface area contributed by atoms with Gasteiger partial charge in [-0.15, -0.1) is 11.5 Å². The van der Waals surface area contributed by atoms with Crippen LogP contribution in [0.4, 0.5) is 0 Å². The number of rotatable bonds is 8. The summed E-state index contributed by atoms with van der Waals surface area (Å²) in [6.07, 6.45) is 7.04. The van der Waals surface area contributed by atoms with E-state index >= 15 is 0 Å². The van der Waals surface area contributed by atoms with Gasteiger partial charge < -0.3 is 0 Å². The van der Waals surface area contributed by atoms with Gasteiger partial charge in [-0.3, -0.25) is 0 Å². The molecule has 2 fully saturated rings. The van der Waals surface area contributed by atoms with E-state index in [9.17, 15) is 0 Å². The van der Waals surface area contributed by atoms with Crippen LogP contribution >= 0.6 is 0 Å². The van der Waals surface area contributed by atoms with E-state index in [4.69, 9.17) is 0 Å². The van der Waals surface area contributed by atoms with Gasteiger partial charge in [-0.2, -0.15) is 0 Å². The van der Waals surface area contributed by atoms with Crippen molar-refractivity contribution in [2.24, 2.45) is 23.7 Å². The highest BCUT2D eigenvalue weighted by atomic mass is 28.3. The quantitative estimate of drug-likeness (QED) is 0.251. The monoisotopic (exact) mass is 458 g/mol. The molecule has 0 saturated heterocycles. The van der Waals surface area contributed by atoms with Crippen LogP contribution in [0.2, 0.25) is 33.2 Å². The highest BCUT2D eigenvalue weighted by molar-refractivity contribution is 6.90. The lowest BCUT2D eigenvalue weighted by atomic mass is 9.80.